The molecule has 1 amide bonds. The molecule has 0 aliphatic carbocycles. The quantitative estimate of drug-likeness (QED) is 0.879. The van der Waals surface area contributed by atoms with E-state index in [0.29, 0.717) is 16.1 Å². The second kappa shape index (κ2) is 6.89. The third-order valence-corrected chi connectivity index (χ3v) is 4.58. The van der Waals surface area contributed by atoms with Gasteiger partial charge in [-0.2, -0.15) is 0 Å². The highest BCUT2D eigenvalue weighted by molar-refractivity contribution is 7.13. The number of thiazole rings is 1. The molecule has 0 saturated carbocycles. The Bertz CT molecular complexity index is 722. The largest absolute Gasteiger partial charge is 0.481 e. The van der Waals surface area contributed by atoms with E-state index in [0.717, 1.165) is 24.5 Å². The molecule has 0 bridgehead atoms. The molecule has 2 N–H and O–H groups in total. The summed E-state index contributed by atoms with van der Waals surface area (Å²) in [6, 6.07) is 6.82. The molecular formula is C16H16N2O4S. The van der Waals surface area contributed by atoms with Gasteiger partial charge in [0.25, 0.3) is 5.91 Å². The Kier molecular flexibility index (Phi) is 4.68. The number of anilines is 1. The topological polar surface area (TPSA) is 88.5 Å². The van der Waals surface area contributed by atoms with Crippen LogP contribution in [0.5, 0.6) is 0 Å². The summed E-state index contributed by atoms with van der Waals surface area (Å²) in [6.07, 6.45) is 3.43. The number of carboxylic acid groups (broad SMARTS) is 1. The van der Waals surface area contributed by atoms with Crippen molar-refractivity contribution in [1.29, 1.82) is 0 Å². The van der Waals surface area contributed by atoms with Crippen molar-refractivity contribution >= 4 is 28.9 Å². The fourth-order valence-electron chi connectivity index (χ4n) is 2.44. The van der Waals surface area contributed by atoms with E-state index >= 15 is 0 Å². The summed E-state index contributed by atoms with van der Waals surface area (Å²) in [5, 5.41) is 12.4. The highest BCUT2D eigenvalue weighted by atomic mass is 32.1. The molecule has 23 heavy (non-hydrogen) atoms. The van der Waals surface area contributed by atoms with Crippen LogP contribution in [-0.4, -0.2) is 28.6 Å². The van der Waals surface area contributed by atoms with Crippen molar-refractivity contribution in [2.45, 2.75) is 25.4 Å². The molecule has 120 valence electrons. The summed E-state index contributed by atoms with van der Waals surface area (Å²) in [4.78, 5) is 27.8. The lowest BCUT2D eigenvalue weighted by molar-refractivity contribution is -0.136. The number of hydrogen-bond acceptors (Lipinski definition) is 5. The van der Waals surface area contributed by atoms with Crippen LogP contribution in [0, 0.1) is 0 Å². The summed E-state index contributed by atoms with van der Waals surface area (Å²) in [6.45, 7) is 0.738. The number of aliphatic carboxylic acids is 1. The third-order valence-electron chi connectivity index (χ3n) is 3.49. The first kappa shape index (κ1) is 15.6. The number of amides is 1. The van der Waals surface area contributed by atoms with Crippen LogP contribution in [0.2, 0.25) is 0 Å². The van der Waals surface area contributed by atoms with Gasteiger partial charge in [0.05, 0.1) is 12.6 Å². The van der Waals surface area contributed by atoms with E-state index < -0.39 is 5.97 Å². The lowest BCUT2D eigenvalue weighted by atomic mass is 10.1. The minimum atomic E-state index is -0.905. The van der Waals surface area contributed by atoms with Crippen LogP contribution in [0.25, 0.3) is 0 Å². The number of rotatable bonds is 5. The van der Waals surface area contributed by atoms with E-state index in [1.165, 1.54) is 11.3 Å². The van der Waals surface area contributed by atoms with E-state index in [1.807, 2.05) is 0 Å². The predicted octanol–water partition coefficient (Wildman–Crippen LogP) is 2.87. The van der Waals surface area contributed by atoms with Gasteiger partial charge >= 0.3 is 5.97 Å². The van der Waals surface area contributed by atoms with Crippen molar-refractivity contribution < 1.29 is 19.4 Å². The molecule has 2 heterocycles. The summed E-state index contributed by atoms with van der Waals surface area (Å²) in [5.41, 5.74) is 1.21. The van der Waals surface area contributed by atoms with Crippen molar-refractivity contribution in [2.24, 2.45) is 0 Å². The van der Waals surface area contributed by atoms with E-state index in [9.17, 15) is 9.59 Å². The minimum absolute atomic E-state index is 0.000412. The Hall–Kier alpha value is -2.25. The van der Waals surface area contributed by atoms with Crippen LogP contribution >= 0.6 is 11.3 Å². The van der Waals surface area contributed by atoms with Crippen LogP contribution in [-0.2, 0) is 16.0 Å². The molecule has 1 aromatic heterocycles. The van der Waals surface area contributed by atoms with Gasteiger partial charge in [-0.3, -0.25) is 9.59 Å². The number of aromatic nitrogens is 1. The lowest BCUT2D eigenvalue weighted by Gasteiger charge is -2.05. The van der Waals surface area contributed by atoms with E-state index in [1.54, 1.807) is 30.5 Å². The fourth-order valence-corrected chi connectivity index (χ4v) is 3.34. The maximum absolute atomic E-state index is 12.3. The molecule has 3 rings (SSSR count). The number of carbonyl (C=O) groups excluding carboxylic acids is 1. The van der Waals surface area contributed by atoms with Crippen molar-refractivity contribution in [2.75, 3.05) is 11.9 Å². The van der Waals surface area contributed by atoms with Gasteiger partial charge < -0.3 is 15.2 Å². The van der Waals surface area contributed by atoms with Gasteiger partial charge in [0.2, 0.25) is 0 Å². The van der Waals surface area contributed by atoms with Crippen LogP contribution < -0.4 is 5.32 Å². The molecule has 1 aromatic carbocycles. The van der Waals surface area contributed by atoms with Crippen molar-refractivity contribution in [3.63, 3.8) is 0 Å². The number of ether oxygens (including phenoxy) is 1. The van der Waals surface area contributed by atoms with Gasteiger partial charge in [-0.15, -0.1) is 11.3 Å². The lowest BCUT2D eigenvalue weighted by Crippen LogP contribution is -2.10. The molecule has 0 radical (unpaired) electrons. The van der Waals surface area contributed by atoms with Gasteiger partial charge in [-0.1, -0.05) is 12.1 Å². The number of benzene rings is 1. The maximum Gasteiger partial charge on any atom is 0.307 e. The Labute approximate surface area is 137 Å². The van der Waals surface area contributed by atoms with Gasteiger partial charge in [0.15, 0.2) is 0 Å². The zero-order valence-electron chi connectivity index (χ0n) is 12.3. The smallest absolute Gasteiger partial charge is 0.307 e. The Balaban J connectivity index is 1.68. The average Bonchev–Trinajstić information content (AvgIpc) is 3.18. The second-order valence-electron chi connectivity index (χ2n) is 5.29. The number of nitrogens with one attached hydrogen (secondary N) is 1. The summed E-state index contributed by atoms with van der Waals surface area (Å²) in [7, 11) is 0. The van der Waals surface area contributed by atoms with Crippen LogP contribution in [0.4, 0.5) is 5.69 Å². The Morgan fingerprint density at radius 3 is 3.04 bits per heavy atom. The predicted molar refractivity (Wildman–Crippen MR) is 85.8 cm³/mol. The van der Waals surface area contributed by atoms with Crippen molar-refractivity contribution in [1.82, 2.24) is 4.98 Å². The van der Waals surface area contributed by atoms with Crippen LogP contribution in [0.1, 0.15) is 39.2 Å². The van der Waals surface area contributed by atoms with Crippen molar-refractivity contribution in [3.05, 3.63) is 45.9 Å². The zero-order chi connectivity index (χ0) is 16.2. The monoisotopic (exact) mass is 332 g/mol. The highest BCUT2D eigenvalue weighted by Crippen LogP contribution is 2.31. The molecule has 1 fully saturated rings. The molecule has 0 spiro atoms. The Morgan fingerprint density at radius 2 is 2.30 bits per heavy atom. The fraction of sp³-hybridized carbons (Fsp3) is 0.312. The first-order valence-corrected chi connectivity index (χ1v) is 8.13. The first-order chi connectivity index (χ1) is 11.1. The molecule has 1 saturated heterocycles. The van der Waals surface area contributed by atoms with Gasteiger partial charge in [-0.05, 0) is 30.5 Å². The van der Waals surface area contributed by atoms with Gasteiger partial charge in [0.1, 0.15) is 16.0 Å². The van der Waals surface area contributed by atoms with Gasteiger partial charge in [0, 0.05) is 12.3 Å². The zero-order valence-corrected chi connectivity index (χ0v) is 13.1. The molecule has 2 aromatic rings. The van der Waals surface area contributed by atoms with Crippen molar-refractivity contribution in [3.8, 4) is 0 Å². The molecule has 1 unspecified atom stereocenters. The second-order valence-corrected chi connectivity index (χ2v) is 6.35. The Morgan fingerprint density at radius 1 is 1.43 bits per heavy atom. The molecule has 6 nitrogen and oxygen atoms in total. The van der Waals surface area contributed by atoms with E-state index in [4.69, 9.17) is 9.84 Å². The van der Waals surface area contributed by atoms with Gasteiger partial charge in [-0.25, -0.2) is 4.98 Å². The van der Waals surface area contributed by atoms with E-state index in [-0.39, 0.29) is 18.4 Å². The maximum atomic E-state index is 12.3. The number of carboxylic acids is 1. The summed E-state index contributed by atoms with van der Waals surface area (Å²) >= 11 is 1.33. The summed E-state index contributed by atoms with van der Waals surface area (Å²) < 4.78 is 5.56. The standard InChI is InChI=1S/C16H16N2O4S/c19-14(20)8-10-3-1-4-11(7-10)18-15(21)13-9-17-16(23-13)12-5-2-6-22-12/h1,3-4,7,9,12H,2,5-6,8H2,(H,18,21)(H,19,20). The minimum Gasteiger partial charge on any atom is -0.481 e. The van der Waals surface area contributed by atoms with Crippen LogP contribution in [0.3, 0.4) is 0 Å². The molecule has 1 aliphatic rings. The molecule has 1 aliphatic heterocycles. The van der Waals surface area contributed by atoms with Crippen LogP contribution in [0.15, 0.2) is 30.5 Å². The highest BCUT2D eigenvalue weighted by Gasteiger charge is 2.22. The molecular weight excluding hydrogens is 316 g/mol. The summed E-state index contributed by atoms with van der Waals surface area (Å²) in [5.74, 6) is -1.16. The molecule has 7 heteroatoms. The number of carbonyl (C=O) groups is 2. The number of hydrogen-bond donors (Lipinski definition) is 2. The third kappa shape index (κ3) is 3.94. The number of nitrogens with zero attached hydrogens (tertiary/aromatic N) is 1. The first-order valence-electron chi connectivity index (χ1n) is 7.31. The average molecular weight is 332 g/mol. The molecule has 1 atom stereocenters. The SMILES string of the molecule is O=C(O)Cc1cccc(NC(=O)c2cnc(C3CCCO3)s2)c1. The normalized spacial score (nSPS) is 17.1. The van der Waals surface area contributed by atoms with E-state index in [2.05, 4.69) is 10.3 Å².